The molecule has 0 fully saturated rings. The summed E-state index contributed by atoms with van der Waals surface area (Å²) in [6.45, 7) is 1.92. The van der Waals surface area contributed by atoms with E-state index in [1.165, 1.54) is 0 Å². The molecule has 0 saturated heterocycles. The van der Waals surface area contributed by atoms with Crippen LogP contribution in [0.2, 0.25) is 0 Å². The Morgan fingerprint density at radius 2 is 2.38 bits per heavy atom. The number of aromatic nitrogens is 1. The molecule has 0 spiro atoms. The zero-order valence-electron chi connectivity index (χ0n) is 5.18. The third kappa shape index (κ3) is 2.16. The van der Waals surface area contributed by atoms with Crippen molar-refractivity contribution < 1.29 is 18.9 Å². The SMILES string of the molecule is Cc1[c-]cccn1.[Li+]. The Hall–Kier alpha value is -0.253. The second-order valence-electron chi connectivity index (χ2n) is 1.37. The van der Waals surface area contributed by atoms with Crippen molar-refractivity contribution in [2.75, 3.05) is 0 Å². The van der Waals surface area contributed by atoms with Crippen molar-refractivity contribution in [3.05, 3.63) is 30.1 Å². The molecule has 0 amide bonds. The Labute approximate surface area is 61.3 Å². The summed E-state index contributed by atoms with van der Waals surface area (Å²) in [6.07, 6.45) is 1.76. The van der Waals surface area contributed by atoms with Gasteiger partial charge in [0.15, 0.2) is 0 Å². The third-order valence-electron chi connectivity index (χ3n) is 0.743. The van der Waals surface area contributed by atoms with E-state index in [4.69, 9.17) is 0 Å². The normalized spacial score (nSPS) is 7.62. The first-order valence-corrected chi connectivity index (χ1v) is 2.19. The quantitative estimate of drug-likeness (QED) is 0.276. The summed E-state index contributed by atoms with van der Waals surface area (Å²) in [6, 6.07) is 6.62. The minimum absolute atomic E-state index is 0. The molecule has 8 heavy (non-hydrogen) atoms. The number of rotatable bonds is 0. The fourth-order valence-electron chi connectivity index (χ4n) is 0.404. The van der Waals surface area contributed by atoms with Gasteiger partial charge in [0.2, 0.25) is 0 Å². The van der Waals surface area contributed by atoms with Gasteiger partial charge in [0, 0.05) is 0 Å². The Bertz CT molecular complexity index is 138. The van der Waals surface area contributed by atoms with Crippen LogP contribution in [0.4, 0.5) is 0 Å². The van der Waals surface area contributed by atoms with Crippen LogP contribution in [-0.4, -0.2) is 4.98 Å². The summed E-state index contributed by atoms with van der Waals surface area (Å²) < 4.78 is 0. The monoisotopic (exact) mass is 99.1 g/mol. The molecule has 1 nitrogen and oxygen atoms in total. The number of hydrogen-bond acceptors (Lipinski definition) is 1. The van der Waals surface area contributed by atoms with Crippen LogP contribution in [0.1, 0.15) is 5.69 Å². The summed E-state index contributed by atoms with van der Waals surface area (Å²) in [7, 11) is 0. The van der Waals surface area contributed by atoms with Crippen molar-refractivity contribution in [3.63, 3.8) is 0 Å². The van der Waals surface area contributed by atoms with E-state index in [2.05, 4.69) is 11.1 Å². The Balaban J connectivity index is 0.000000490. The molecule has 0 saturated carbocycles. The summed E-state index contributed by atoms with van der Waals surface area (Å²) in [5.74, 6) is 0. The summed E-state index contributed by atoms with van der Waals surface area (Å²) in [4.78, 5) is 3.92. The third-order valence-corrected chi connectivity index (χ3v) is 0.743. The molecule has 0 aromatic carbocycles. The van der Waals surface area contributed by atoms with Crippen LogP contribution in [0, 0.1) is 13.0 Å². The molecule has 0 atom stereocenters. The van der Waals surface area contributed by atoms with Crippen molar-refractivity contribution in [2.24, 2.45) is 0 Å². The Kier molecular flexibility index (Phi) is 3.60. The Morgan fingerprint density at radius 3 is 2.62 bits per heavy atom. The van der Waals surface area contributed by atoms with E-state index >= 15 is 0 Å². The van der Waals surface area contributed by atoms with E-state index in [0.29, 0.717) is 0 Å². The van der Waals surface area contributed by atoms with E-state index < -0.39 is 0 Å². The van der Waals surface area contributed by atoms with E-state index in [9.17, 15) is 0 Å². The van der Waals surface area contributed by atoms with Crippen molar-refractivity contribution in [3.8, 4) is 0 Å². The zero-order chi connectivity index (χ0) is 5.11. The molecule has 0 bridgehead atoms. The molecule has 0 aliphatic carbocycles. The molecular formula is C6H6LiN. The van der Waals surface area contributed by atoms with Gasteiger partial charge in [0.25, 0.3) is 0 Å². The van der Waals surface area contributed by atoms with Gasteiger partial charge in [0.05, 0.1) is 0 Å². The first-order valence-electron chi connectivity index (χ1n) is 2.19. The second kappa shape index (κ2) is 3.71. The summed E-state index contributed by atoms with van der Waals surface area (Å²) in [5.41, 5.74) is 0.947. The van der Waals surface area contributed by atoms with E-state index in [-0.39, 0.29) is 18.9 Å². The van der Waals surface area contributed by atoms with Gasteiger partial charge < -0.3 is 4.98 Å². The average molecular weight is 99.1 g/mol. The average Bonchev–Trinajstić information content (AvgIpc) is 1.69. The molecule has 0 radical (unpaired) electrons. The van der Waals surface area contributed by atoms with Crippen molar-refractivity contribution in [2.45, 2.75) is 6.92 Å². The van der Waals surface area contributed by atoms with Crippen LogP contribution < -0.4 is 18.9 Å². The minimum atomic E-state index is 0. The molecule has 1 aromatic rings. The zero-order valence-corrected chi connectivity index (χ0v) is 5.18. The molecule has 0 unspecified atom stereocenters. The first-order chi connectivity index (χ1) is 3.39. The molecular weight excluding hydrogens is 93.0 g/mol. The largest absolute Gasteiger partial charge is 1.00 e. The molecule has 36 valence electrons. The Morgan fingerprint density at radius 1 is 1.62 bits per heavy atom. The van der Waals surface area contributed by atoms with Crippen molar-refractivity contribution >= 4 is 0 Å². The number of hydrogen-bond donors (Lipinski definition) is 0. The van der Waals surface area contributed by atoms with Gasteiger partial charge in [-0.25, -0.2) is 12.1 Å². The van der Waals surface area contributed by atoms with Crippen molar-refractivity contribution in [1.82, 2.24) is 4.98 Å². The van der Waals surface area contributed by atoms with Gasteiger partial charge in [-0.1, -0.05) is 11.9 Å². The maximum atomic E-state index is 3.92. The molecule has 0 aliphatic rings. The fourth-order valence-corrected chi connectivity index (χ4v) is 0.404. The van der Waals surface area contributed by atoms with Crippen LogP contribution in [0.5, 0.6) is 0 Å². The smallest absolute Gasteiger partial charge is 0.301 e. The molecule has 1 aromatic heterocycles. The predicted octanol–water partition coefficient (Wildman–Crippen LogP) is -1.81. The van der Waals surface area contributed by atoms with Crippen LogP contribution in [0.15, 0.2) is 18.3 Å². The van der Waals surface area contributed by atoms with Gasteiger partial charge in [-0.05, 0) is 6.92 Å². The van der Waals surface area contributed by atoms with Crippen LogP contribution in [0.25, 0.3) is 0 Å². The molecule has 1 rings (SSSR count). The standard InChI is InChI=1S/C6H6N.Li/c1-6-4-2-3-5-7-6;/h2-3,5H,1H3;/q-1;+1. The van der Waals surface area contributed by atoms with Gasteiger partial charge in [0.1, 0.15) is 0 Å². The number of aryl methyl sites for hydroxylation is 1. The van der Waals surface area contributed by atoms with E-state index in [1.807, 2.05) is 19.1 Å². The van der Waals surface area contributed by atoms with E-state index in [1.54, 1.807) is 6.20 Å². The van der Waals surface area contributed by atoms with Crippen LogP contribution in [-0.2, 0) is 0 Å². The van der Waals surface area contributed by atoms with Gasteiger partial charge in [-0.3, -0.25) is 0 Å². The first kappa shape index (κ1) is 7.75. The van der Waals surface area contributed by atoms with Crippen LogP contribution in [0.3, 0.4) is 0 Å². The molecule has 1 heterocycles. The fraction of sp³-hybridized carbons (Fsp3) is 0.167. The summed E-state index contributed by atoms with van der Waals surface area (Å²) >= 11 is 0. The molecule has 2 heteroatoms. The summed E-state index contributed by atoms with van der Waals surface area (Å²) in [5, 5.41) is 0. The predicted molar refractivity (Wildman–Crippen MR) is 27.8 cm³/mol. The van der Waals surface area contributed by atoms with Gasteiger partial charge in [-0.2, -0.15) is 6.07 Å². The second-order valence-corrected chi connectivity index (χ2v) is 1.37. The molecule has 0 aliphatic heterocycles. The maximum Gasteiger partial charge on any atom is 1.00 e. The van der Waals surface area contributed by atoms with Gasteiger partial charge in [-0.15, -0.1) is 0 Å². The maximum absolute atomic E-state index is 3.92. The minimum Gasteiger partial charge on any atom is -0.301 e. The number of nitrogens with zero attached hydrogens (tertiary/aromatic N) is 1. The van der Waals surface area contributed by atoms with Gasteiger partial charge >= 0.3 is 18.9 Å². The molecule has 0 N–H and O–H groups in total. The van der Waals surface area contributed by atoms with Crippen LogP contribution >= 0.6 is 0 Å². The van der Waals surface area contributed by atoms with E-state index in [0.717, 1.165) is 5.69 Å². The number of pyridine rings is 1. The van der Waals surface area contributed by atoms with Crippen molar-refractivity contribution in [1.29, 1.82) is 0 Å². The topological polar surface area (TPSA) is 12.9 Å².